The second kappa shape index (κ2) is 8.89. The molecule has 2 aliphatic rings. The monoisotopic (exact) mass is 399 g/mol. The molecule has 0 saturated carbocycles. The van der Waals surface area contributed by atoms with Gasteiger partial charge in [0.1, 0.15) is 11.4 Å². The Hall–Kier alpha value is -1.85. The van der Waals surface area contributed by atoms with Crippen molar-refractivity contribution in [2.24, 2.45) is 5.16 Å². The summed E-state index contributed by atoms with van der Waals surface area (Å²) in [6.07, 6.45) is 0. The molecule has 0 spiro atoms. The summed E-state index contributed by atoms with van der Waals surface area (Å²) in [6, 6.07) is 7.23. The molecule has 2 atom stereocenters. The fraction of sp³-hybridized carbons (Fsp3) is 0.250. The van der Waals surface area contributed by atoms with Crippen LogP contribution in [-0.2, 0) is 14.4 Å². The quantitative estimate of drug-likeness (QED) is 0.148. The van der Waals surface area contributed by atoms with Crippen LogP contribution in [0.2, 0.25) is 0 Å². The molecular weight excluding hydrogens is 385 g/mol. The predicted molar refractivity (Wildman–Crippen MR) is 88.9 cm³/mol. The maximum Gasteiger partial charge on any atom is 1.00 e. The van der Waals surface area contributed by atoms with Crippen LogP contribution in [-0.4, -0.2) is 62.5 Å². The van der Waals surface area contributed by atoms with E-state index in [0.29, 0.717) is 5.56 Å². The Morgan fingerprint density at radius 2 is 2.00 bits per heavy atom. The Balaban J connectivity index is 0.00000261. The fourth-order valence-electron chi connectivity index (χ4n) is 2.83. The van der Waals surface area contributed by atoms with Gasteiger partial charge in [-0.1, -0.05) is 35.5 Å². The third-order valence-electron chi connectivity index (χ3n) is 4.08. The summed E-state index contributed by atoms with van der Waals surface area (Å²) >= 11 is 1.21. The molecule has 0 unspecified atom stereocenters. The standard InChI is InChI=1S/C16H15N3O6S.Na/c20-6-9-7-26-15-11(14(22)19(15)12(9)16(23)24)17-13(21)10(18-25)8-4-2-1-3-5-8;/h1-5,11,15,20,25H,6-7H2,(H,17,21)(H,23,24);/q;+1/p-1/t11-,15+;/m1./s1. The predicted octanol–water partition coefficient (Wildman–Crippen LogP) is -4.73. The number of carbonyl (C=O) groups is 3. The first-order valence-corrected chi connectivity index (χ1v) is 8.61. The number of amides is 2. The van der Waals surface area contributed by atoms with Crippen LogP contribution in [0.1, 0.15) is 5.56 Å². The van der Waals surface area contributed by atoms with Crippen LogP contribution in [0.25, 0.3) is 0 Å². The number of carboxylic acids is 1. The van der Waals surface area contributed by atoms with Crippen LogP contribution >= 0.6 is 11.8 Å². The van der Waals surface area contributed by atoms with Crippen LogP contribution in [0, 0.1) is 0 Å². The van der Waals surface area contributed by atoms with Gasteiger partial charge >= 0.3 is 29.6 Å². The summed E-state index contributed by atoms with van der Waals surface area (Å²) < 4.78 is 0. The topological polar surface area (TPSA) is 142 Å². The van der Waals surface area contributed by atoms with E-state index in [9.17, 15) is 24.6 Å². The van der Waals surface area contributed by atoms with Gasteiger partial charge in [0, 0.05) is 11.3 Å². The number of nitrogens with one attached hydrogen (secondary N) is 1. The maximum absolute atomic E-state index is 12.4. The number of β-lactam (4-membered cyclic amide) rings is 1. The second-order valence-corrected chi connectivity index (χ2v) is 6.68. The van der Waals surface area contributed by atoms with Crippen molar-refractivity contribution in [2.75, 3.05) is 12.4 Å². The van der Waals surface area contributed by atoms with Crippen LogP contribution in [0.5, 0.6) is 0 Å². The first kappa shape index (κ1) is 21.5. The van der Waals surface area contributed by atoms with E-state index < -0.39 is 35.8 Å². The molecule has 0 radical (unpaired) electrons. The average molecular weight is 399 g/mol. The molecular formula is C16H14N3NaO6S. The molecule has 1 saturated heterocycles. The molecule has 0 aromatic heterocycles. The number of carbonyl (C=O) groups excluding carboxylic acids is 3. The van der Waals surface area contributed by atoms with Crippen LogP contribution in [0.15, 0.2) is 46.8 Å². The molecule has 136 valence electrons. The summed E-state index contributed by atoms with van der Waals surface area (Å²) in [5, 5.41) is 34.5. The Morgan fingerprint density at radius 3 is 2.56 bits per heavy atom. The molecule has 2 amide bonds. The minimum absolute atomic E-state index is 0. The van der Waals surface area contributed by atoms with Gasteiger partial charge < -0.3 is 25.5 Å². The summed E-state index contributed by atoms with van der Waals surface area (Å²) in [5.41, 5.74) is -0.0631. The molecule has 11 heteroatoms. The zero-order valence-corrected chi connectivity index (χ0v) is 17.1. The van der Waals surface area contributed by atoms with Crippen LogP contribution in [0.4, 0.5) is 0 Å². The molecule has 2 aliphatic heterocycles. The van der Waals surface area contributed by atoms with Gasteiger partial charge in [0.15, 0.2) is 5.71 Å². The van der Waals surface area contributed by atoms with Gasteiger partial charge in [-0.2, -0.15) is 0 Å². The zero-order valence-electron chi connectivity index (χ0n) is 14.3. The van der Waals surface area contributed by atoms with Gasteiger partial charge in [0.2, 0.25) is 0 Å². The smallest absolute Gasteiger partial charge is 0.543 e. The molecule has 0 aliphatic carbocycles. The average Bonchev–Trinajstić information content (AvgIpc) is 2.66. The van der Waals surface area contributed by atoms with E-state index in [1.54, 1.807) is 30.3 Å². The number of hydrogen-bond donors (Lipinski definition) is 3. The number of aliphatic hydroxyl groups is 1. The number of aliphatic hydroxyl groups excluding tert-OH is 1. The molecule has 3 N–H and O–H groups in total. The molecule has 2 heterocycles. The first-order chi connectivity index (χ1) is 12.5. The third kappa shape index (κ3) is 3.90. The van der Waals surface area contributed by atoms with Gasteiger partial charge in [0.05, 0.1) is 18.3 Å². The number of thioether (sulfide) groups is 1. The first-order valence-electron chi connectivity index (χ1n) is 7.56. The van der Waals surface area contributed by atoms with E-state index >= 15 is 0 Å². The summed E-state index contributed by atoms with van der Waals surface area (Å²) in [4.78, 5) is 37.0. The minimum atomic E-state index is -1.56. The second-order valence-electron chi connectivity index (χ2n) is 5.57. The SMILES string of the molecule is O=C([O-])C1=C(CO)CS[C@H]2[C@H](NC(=O)C(=NO)c3ccccc3)C(=O)N12.[Na+]. The normalized spacial score (nSPS) is 21.7. The number of aliphatic carboxylic acids is 1. The fourth-order valence-corrected chi connectivity index (χ4v) is 4.17. The molecule has 1 fully saturated rings. The molecule has 9 nitrogen and oxygen atoms in total. The summed E-state index contributed by atoms with van der Waals surface area (Å²) in [5.74, 6) is -2.75. The molecule has 1 aromatic carbocycles. The maximum atomic E-state index is 12.4. The van der Waals surface area contributed by atoms with Crippen LogP contribution in [0.3, 0.4) is 0 Å². The van der Waals surface area contributed by atoms with Gasteiger partial charge in [-0.25, -0.2) is 0 Å². The number of benzene rings is 1. The Bertz CT molecular complexity index is 829. The zero-order chi connectivity index (χ0) is 18.8. The van der Waals surface area contributed by atoms with Crippen LogP contribution < -0.4 is 40.0 Å². The van der Waals surface area contributed by atoms with E-state index in [1.807, 2.05) is 0 Å². The van der Waals surface area contributed by atoms with Crippen molar-refractivity contribution in [1.82, 2.24) is 10.2 Å². The van der Waals surface area contributed by atoms with Gasteiger partial charge in [-0.3, -0.25) is 14.5 Å². The Kier molecular flexibility index (Phi) is 7.06. The summed E-state index contributed by atoms with van der Waals surface area (Å²) in [6.45, 7) is -0.501. The van der Waals surface area contributed by atoms with Crippen molar-refractivity contribution in [3.63, 3.8) is 0 Å². The molecule has 1 aromatic rings. The van der Waals surface area contributed by atoms with Crippen molar-refractivity contribution in [2.45, 2.75) is 11.4 Å². The number of oxime groups is 1. The van der Waals surface area contributed by atoms with Crippen molar-refractivity contribution in [3.05, 3.63) is 47.2 Å². The largest absolute Gasteiger partial charge is 1.00 e. The number of nitrogens with zero attached hydrogens (tertiary/aromatic N) is 2. The van der Waals surface area contributed by atoms with E-state index in [-0.39, 0.29) is 52.3 Å². The van der Waals surface area contributed by atoms with E-state index in [2.05, 4.69) is 10.5 Å². The van der Waals surface area contributed by atoms with Gasteiger partial charge in [0.25, 0.3) is 11.8 Å². The molecule has 0 bridgehead atoms. The van der Waals surface area contributed by atoms with E-state index in [4.69, 9.17) is 5.21 Å². The van der Waals surface area contributed by atoms with Crippen molar-refractivity contribution >= 4 is 35.3 Å². The van der Waals surface area contributed by atoms with Crippen molar-refractivity contribution < 1.29 is 59.4 Å². The van der Waals surface area contributed by atoms with Crippen molar-refractivity contribution in [1.29, 1.82) is 0 Å². The third-order valence-corrected chi connectivity index (χ3v) is 5.42. The number of hydrogen-bond acceptors (Lipinski definition) is 8. The molecule has 27 heavy (non-hydrogen) atoms. The minimum Gasteiger partial charge on any atom is -0.543 e. The Morgan fingerprint density at radius 1 is 1.33 bits per heavy atom. The van der Waals surface area contributed by atoms with Gasteiger partial charge in [-0.15, -0.1) is 11.8 Å². The Labute approximate surface area is 180 Å². The number of fused-ring (bicyclic) bond motifs is 1. The molecule has 3 rings (SSSR count). The number of carboxylic acid groups (broad SMARTS) is 1. The van der Waals surface area contributed by atoms with Gasteiger partial charge in [-0.05, 0) is 5.57 Å². The van der Waals surface area contributed by atoms with E-state index in [0.717, 1.165) is 4.90 Å². The number of rotatable bonds is 5. The van der Waals surface area contributed by atoms with E-state index in [1.165, 1.54) is 11.8 Å². The summed E-state index contributed by atoms with van der Waals surface area (Å²) in [7, 11) is 0. The van der Waals surface area contributed by atoms with Crippen molar-refractivity contribution in [3.8, 4) is 0 Å².